The Morgan fingerprint density at radius 2 is 1.95 bits per heavy atom. The van der Waals surface area contributed by atoms with Gasteiger partial charge in [-0.25, -0.2) is 4.39 Å². The number of nitrogens with two attached hydrogens (primary N) is 1. The normalized spacial score (nSPS) is 12.4. The second-order valence-corrected chi connectivity index (χ2v) is 4.87. The van der Waals surface area contributed by atoms with Crippen LogP contribution < -0.4 is 11.3 Å². The van der Waals surface area contributed by atoms with Crippen molar-refractivity contribution in [2.45, 2.75) is 19.4 Å². The lowest BCUT2D eigenvalue weighted by atomic mass is 9.97. The molecular weight excluding hydrogens is 263 g/mol. The Kier molecular flexibility index (Phi) is 4.53. The predicted octanol–water partition coefficient (Wildman–Crippen LogP) is 3.53. The first-order valence-corrected chi connectivity index (χ1v) is 6.46. The fourth-order valence-corrected chi connectivity index (χ4v) is 2.34. The van der Waals surface area contributed by atoms with E-state index in [-0.39, 0.29) is 11.9 Å². The standard InChI is InChI=1S/C15H16ClFN2/c1-10-5-4-7-12(15(10)16)14(19-18)9-11-6-2-3-8-13(11)17/h2-8,14,19H,9,18H2,1H3. The van der Waals surface area contributed by atoms with Gasteiger partial charge in [0, 0.05) is 5.02 Å². The minimum Gasteiger partial charge on any atom is -0.271 e. The minimum atomic E-state index is -0.230. The number of rotatable bonds is 4. The van der Waals surface area contributed by atoms with Crippen LogP contribution in [0, 0.1) is 12.7 Å². The first kappa shape index (κ1) is 14.0. The molecule has 19 heavy (non-hydrogen) atoms. The summed E-state index contributed by atoms with van der Waals surface area (Å²) in [6.45, 7) is 1.93. The molecule has 2 rings (SSSR count). The van der Waals surface area contributed by atoms with E-state index in [9.17, 15) is 4.39 Å². The van der Waals surface area contributed by atoms with E-state index in [4.69, 9.17) is 17.4 Å². The van der Waals surface area contributed by atoms with Crippen molar-refractivity contribution in [3.05, 3.63) is 70.0 Å². The molecule has 2 nitrogen and oxygen atoms in total. The zero-order valence-corrected chi connectivity index (χ0v) is 11.4. The number of hydrogen-bond acceptors (Lipinski definition) is 2. The third kappa shape index (κ3) is 3.13. The molecule has 3 N–H and O–H groups in total. The number of benzene rings is 2. The van der Waals surface area contributed by atoms with Crippen LogP contribution in [0.25, 0.3) is 0 Å². The second-order valence-electron chi connectivity index (χ2n) is 4.49. The molecule has 2 aromatic carbocycles. The van der Waals surface area contributed by atoms with E-state index >= 15 is 0 Å². The van der Waals surface area contributed by atoms with Crippen LogP contribution in [0.4, 0.5) is 4.39 Å². The van der Waals surface area contributed by atoms with Gasteiger partial charge in [0.15, 0.2) is 0 Å². The van der Waals surface area contributed by atoms with Crippen LogP contribution in [0.15, 0.2) is 42.5 Å². The largest absolute Gasteiger partial charge is 0.271 e. The summed E-state index contributed by atoms with van der Waals surface area (Å²) in [5, 5.41) is 0.668. The highest BCUT2D eigenvalue weighted by Crippen LogP contribution is 2.28. The SMILES string of the molecule is Cc1cccc(C(Cc2ccccc2F)NN)c1Cl. The van der Waals surface area contributed by atoms with Crippen molar-refractivity contribution in [3.8, 4) is 0 Å². The molecule has 0 aliphatic rings. The van der Waals surface area contributed by atoms with Crippen LogP contribution in [-0.2, 0) is 6.42 Å². The molecule has 0 radical (unpaired) electrons. The second kappa shape index (κ2) is 6.15. The molecule has 100 valence electrons. The Morgan fingerprint density at radius 1 is 1.21 bits per heavy atom. The molecule has 0 aliphatic carbocycles. The zero-order chi connectivity index (χ0) is 13.8. The highest BCUT2D eigenvalue weighted by Gasteiger charge is 2.16. The van der Waals surface area contributed by atoms with Crippen LogP contribution in [0.5, 0.6) is 0 Å². The summed E-state index contributed by atoms with van der Waals surface area (Å²) in [5.74, 6) is 5.36. The lowest BCUT2D eigenvalue weighted by molar-refractivity contribution is 0.529. The van der Waals surface area contributed by atoms with E-state index in [1.165, 1.54) is 6.07 Å². The first-order chi connectivity index (χ1) is 9.13. The minimum absolute atomic E-state index is 0.218. The summed E-state index contributed by atoms with van der Waals surface area (Å²) < 4.78 is 13.7. The lowest BCUT2D eigenvalue weighted by Crippen LogP contribution is -2.30. The fourth-order valence-electron chi connectivity index (χ4n) is 2.08. The molecule has 0 saturated carbocycles. The van der Waals surface area contributed by atoms with Crippen LogP contribution in [0.3, 0.4) is 0 Å². The number of hydrazine groups is 1. The molecule has 0 aliphatic heterocycles. The molecule has 0 bridgehead atoms. The molecule has 1 unspecified atom stereocenters. The summed E-state index contributed by atoms with van der Waals surface area (Å²) >= 11 is 6.28. The summed E-state index contributed by atoms with van der Waals surface area (Å²) in [7, 11) is 0. The van der Waals surface area contributed by atoms with E-state index in [1.54, 1.807) is 12.1 Å². The lowest BCUT2D eigenvalue weighted by Gasteiger charge is -2.19. The first-order valence-electron chi connectivity index (χ1n) is 6.08. The Balaban J connectivity index is 2.31. The average molecular weight is 279 g/mol. The van der Waals surface area contributed by atoms with Gasteiger partial charge in [-0.15, -0.1) is 0 Å². The Bertz CT molecular complexity index is 572. The zero-order valence-electron chi connectivity index (χ0n) is 10.7. The van der Waals surface area contributed by atoms with Gasteiger partial charge in [0.1, 0.15) is 5.82 Å². The number of nitrogens with one attached hydrogen (secondary N) is 1. The molecular formula is C15H16ClFN2. The highest BCUT2D eigenvalue weighted by molar-refractivity contribution is 6.32. The van der Waals surface area contributed by atoms with Crippen LogP contribution >= 0.6 is 11.6 Å². The Hall–Kier alpha value is -1.42. The molecule has 0 heterocycles. The van der Waals surface area contributed by atoms with Crippen molar-refractivity contribution in [1.29, 1.82) is 0 Å². The molecule has 0 amide bonds. The van der Waals surface area contributed by atoms with Crippen molar-refractivity contribution in [1.82, 2.24) is 5.43 Å². The van der Waals surface area contributed by atoms with E-state index < -0.39 is 0 Å². The number of aryl methyl sites for hydroxylation is 1. The maximum atomic E-state index is 13.7. The van der Waals surface area contributed by atoms with Gasteiger partial charge in [-0.05, 0) is 36.1 Å². The Labute approximate surface area is 117 Å². The van der Waals surface area contributed by atoms with Crippen LogP contribution in [0.1, 0.15) is 22.7 Å². The van der Waals surface area contributed by atoms with Crippen LogP contribution in [0.2, 0.25) is 5.02 Å². The Morgan fingerprint density at radius 3 is 2.63 bits per heavy atom. The molecule has 0 spiro atoms. The van der Waals surface area contributed by atoms with E-state index in [2.05, 4.69) is 5.43 Å². The van der Waals surface area contributed by atoms with Gasteiger partial charge in [-0.3, -0.25) is 11.3 Å². The monoisotopic (exact) mass is 278 g/mol. The van der Waals surface area contributed by atoms with Crippen molar-refractivity contribution < 1.29 is 4.39 Å². The van der Waals surface area contributed by atoms with Crippen molar-refractivity contribution in [2.24, 2.45) is 5.84 Å². The molecule has 1 atom stereocenters. The van der Waals surface area contributed by atoms with Crippen molar-refractivity contribution in [3.63, 3.8) is 0 Å². The maximum Gasteiger partial charge on any atom is 0.126 e. The maximum absolute atomic E-state index is 13.7. The van der Waals surface area contributed by atoms with Gasteiger partial charge in [-0.1, -0.05) is 48.0 Å². The van der Waals surface area contributed by atoms with Crippen LogP contribution in [-0.4, -0.2) is 0 Å². The molecule has 4 heteroatoms. The number of hydrogen-bond donors (Lipinski definition) is 2. The third-order valence-corrected chi connectivity index (χ3v) is 3.70. The summed E-state index contributed by atoms with van der Waals surface area (Å²) in [5.41, 5.74) is 5.19. The summed E-state index contributed by atoms with van der Waals surface area (Å²) in [6.07, 6.45) is 0.451. The smallest absolute Gasteiger partial charge is 0.126 e. The molecule has 0 saturated heterocycles. The van der Waals surface area contributed by atoms with Crippen molar-refractivity contribution >= 4 is 11.6 Å². The van der Waals surface area contributed by atoms with Gasteiger partial charge in [0.25, 0.3) is 0 Å². The highest BCUT2D eigenvalue weighted by atomic mass is 35.5. The van der Waals surface area contributed by atoms with E-state index in [0.29, 0.717) is 17.0 Å². The van der Waals surface area contributed by atoms with E-state index in [0.717, 1.165) is 11.1 Å². The summed E-state index contributed by atoms with van der Waals surface area (Å²) in [6, 6.07) is 12.2. The number of halogens is 2. The fraction of sp³-hybridized carbons (Fsp3) is 0.200. The van der Waals surface area contributed by atoms with E-state index in [1.807, 2.05) is 31.2 Å². The quantitative estimate of drug-likeness (QED) is 0.663. The topological polar surface area (TPSA) is 38.0 Å². The van der Waals surface area contributed by atoms with Gasteiger partial charge >= 0.3 is 0 Å². The average Bonchev–Trinajstić information content (AvgIpc) is 2.41. The summed E-state index contributed by atoms with van der Waals surface area (Å²) in [4.78, 5) is 0. The third-order valence-electron chi connectivity index (χ3n) is 3.18. The van der Waals surface area contributed by atoms with Gasteiger partial charge in [0.2, 0.25) is 0 Å². The van der Waals surface area contributed by atoms with Gasteiger partial charge in [-0.2, -0.15) is 0 Å². The van der Waals surface area contributed by atoms with Gasteiger partial charge in [0.05, 0.1) is 6.04 Å². The predicted molar refractivity (Wildman–Crippen MR) is 76.4 cm³/mol. The van der Waals surface area contributed by atoms with Crippen molar-refractivity contribution in [2.75, 3.05) is 0 Å². The molecule has 0 fully saturated rings. The molecule has 0 aromatic heterocycles. The van der Waals surface area contributed by atoms with Gasteiger partial charge < -0.3 is 0 Å². The molecule has 2 aromatic rings.